The molecule has 0 heterocycles. The molecule has 0 radical (unpaired) electrons. The van der Waals surface area contributed by atoms with Gasteiger partial charge in [0.15, 0.2) is 5.78 Å². The summed E-state index contributed by atoms with van der Waals surface area (Å²) in [5.74, 6) is 1.29. The third-order valence-electron chi connectivity index (χ3n) is 6.98. The van der Waals surface area contributed by atoms with Crippen LogP contribution in [-0.4, -0.2) is 47.6 Å². The van der Waals surface area contributed by atoms with E-state index < -0.39 is 5.54 Å². The lowest BCUT2D eigenvalue weighted by Gasteiger charge is -2.47. The minimum Gasteiger partial charge on any atom is -0.394 e. The molecule has 27 heavy (non-hydrogen) atoms. The number of hydrogen-bond acceptors (Lipinski definition) is 4. The lowest BCUT2D eigenvalue weighted by atomic mass is 9.61. The van der Waals surface area contributed by atoms with E-state index >= 15 is 0 Å². The summed E-state index contributed by atoms with van der Waals surface area (Å²) < 4.78 is 0. The Balaban J connectivity index is 1.99. The molecule has 0 aromatic heterocycles. The summed E-state index contributed by atoms with van der Waals surface area (Å²) in [7, 11) is 2.12. The van der Waals surface area contributed by atoms with Gasteiger partial charge < -0.3 is 10.4 Å². The summed E-state index contributed by atoms with van der Waals surface area (Å²) in [5, 5.41) is 13.0. The van der Waals surface area contributed by atoms with Gasteiger partial charge >= 0.3 is 0 Å². The van der Waals surface area contributed by atoms with Crippen molar-refractivity contribution in [1.29, 1.82) is 0 Å². The van der Waals surface area contributed by atoms with E-state index in [2.05, 4.69) is 44.1 Å². The first-order valence-corrected chi connectivity index (χ1v) is 10.4. The van der Waals surface area contributed by atoms with Crippen molar-refractivity contribution in [3.63, 3.8) is 0 Å². The Labute approximate surface area is 164 Å². The van der Waals surface area contributed by atoms with Crippen LogP contribution < -0.4 is 5.32 Å². The summed E-state index contributed by atoms with van der Waals surface area (Å²) in [5.41, 5.74) is 2.55. The van der Waals surface area contributed by atoms with Crippen LogP contribution in [0, 0.1) is 11.8 Å². The first kappa shape index (κ1) is 20.3. The van der Waals surface area contributed by atoms with Crippen LogP contribution in [0.2, 0.25) is 0 Å². The topological polar surface area (TPSA) is 52.6 Å². The number of carbonyl (C=O) groups is 1. The number of aliphatic hydroxyl groups is 1. The summed E-state index contributed by atoms with van der Waals surface area (Å²) in [6.07, 6.45) is 3.60. The number of Topliss-reactive ketones (excluding diaryl/α,β-unsaturated/α-hetero) is 1. The zero-order chi connectivity index (χ0) is 20.0. The first-order chi connectivity index (χ1) is 12.6. The molecule has 0 bridgehead atoms. The molecule has 0 unspecified atom stereocenters. The van der Waals surface area contributed by atoms with Gasteiger partial charge in [-0.1, -0.05) is 20.8 Å². The summed E-state index contributed by atoms with van der Waals surface area (Å²) in [4.78, 5) is 15.7. The molecule has 0 spiro atoms. The molecule has 1 aromatic rings. The van der Waals surface area contributed by atoms with Crippen molar-refractivity contribution in [2.24, 2.45) is 11.8 Å². The van der Waals surface area contributed by atoms with Crippen molar-refractivity contribution in [2.75, 3.05) is 25.5 Å². The molecule has 0 aliphatic heterocycles. The number of nitrogens with zero attached hydrogens (tertiary/aromatic N) is 1. The van der Waals surface area contributed by atoms with Gasteiger partial charge in [0, 0.05) is 17.8 Å². The Hall–Kier alpha value is -1.39. The van der Waals surface area contributed by atoms with E-state index in [0.717, 1.165) is 35.7 Å². The van der Waals surface area contributed by atoms with Gasteiger partial charge in [-0.3, -0.25) is 9.69 Å². The van der Waals surface area contributed by atoms with E-state index in [-0.39, 0.29) is 29.8 Å². The fourth-order valence-corrected chi connectivity index (χ4v) is 4.64. The molecule has 2 N–H and O–H groups in total. The van der Waals surface area contributed by atoms with Gasteiger partial charge in [0.1, 0.15) is 0 Å². The number of fused-ring (bicyclic) bond motifs is 1. The summed E-state index contributed by atoms with van der Waals surface area (Å²) in [6, 6.07) is 6.07. The van der Waals surface area contributed by atoms with Crippen LogP contribution in [-0.2, 0) is 5.41 Å². The summed E-state index contributed by atoms with van der Waals surface area (Å²) in [6.45, 7) is 11.8. The van der Waals surface area contributed by atoms with Crippen molar-refractivity contribution < 1.29 is 9.90 Å². The molecule has 2 aliphatic rings. The zero-order valence-corrected chi connectivity index (χ0v) is 17.8. The minimum atomic E-state index is -0.395. The second kappa shape index (κ2) is 7.21. The Kier molecular flexibility index (Phi) is 5.44. The fraction of sp³-hybridized carbons (Fsp3) is 0.696. The SMILES string of the molecule is CC[C@@]1(C)c2cc(NC(C)(C)CO)ccc2C(=O)[C@@H](N(C)CC2CC2)[C@@H]1C. The van der Waals surface area contributed by atoms with Crippen molar-refractivity contribution in [3.8, 4) is 0 Å². The minimum absolute atomic E-state index is 0.0456. The molecule has 3 rings (SSSR count). The number of likely N-dealkylation sites (N-methyl/N-ethyl adjacent to an activating group) is 1. The zero-order valence-electron chi connectivity index (χ0n) is 17.8. The lowest BCUT2D eigenvalue weighted by molar-refractivity contribution is 0.0624. The predicted molar refractivity (Wildman–Crippen MR) is 112 cm³/mol. The molecule has 1 aromatic carbocycles. The second-order valence-electron chi connectivity index (χ2n) is 9.68. The number of nitrogens with one attached hydrogen (secondary N) is 1. The number of anilines is 1. The molecular weight excluding hydrogens is 336 g/mol. The fourth-order valence-electron chi connectivity index (χ4n) is 4.64. The highest BCUT2D eigenvalue weighted by Crippen LogP contribution is 2.46. The number of hydrogen-bond donors (Lipinski definition) is 2. The van der Waals surface area contributed by atoms with E-state index in [9.17, 15) is 9.90 Å². The van der Waals surface area contributed by atoms with Gasteiger partial charge in [-0.15, -0.1) is 0 Å². The largest absolute Gasteiger partial charge is 0.394 e. The van der Waals surface area contributed by atoms with E-state index in [4.69, 9.17) is 0 Å². The number of aliphatic hydroxyl groups excluding tert-OH is 1. The van der Waals surface area contributed by atoms with Crippen LogP contribution in [0.3, 0.4) is 0 Å². The molecule has 0 saturated heterocycles. The smallest absolute Gasteiger partial charge is 0.180 e. The normalized spacial score (nSPS) is 28.4. The Bertz CT molecular complexity index is 710. The Morgan fingerprint density at radius 1 is 1.33 bits per heavy atom. The van der Waals surface area contributed by atoms with E-state index in [1.165, 1.54) is 12.8 Å². The standard InChI is InChI=1S/C23H36N2O2/c1-7-23(5)15(2)20(25(6)13-16-8-9-16)21(27)18-11-10-17(12-19(18)23)24-22(3,4)14-26/h10-12,15-16,20,24,26H,7-9,13-14H2,1-6H3/t15-,20-,23+/m0/s1. The molecule has 1 saturated carbocycles. The molecule has 4 nitrogen and oxygen atoms in total. The molecule has 3 atom stereocenters. The van der Waals surface area contributed by atoms with Gasteiger partial charge in [0.05, 0.1) is 18.2 Å². The van der Waals surface area contributed by atoms with Gasteiger partial charge in [-0.2, -0.15) is 0 Å². The van der Waals surface area contributed by atoms with Crippen LogP contribution in [0.5, 0.6) is 0 Å². The molecular formula is C23H36N2O2. The highest BCUT2D eigenvalue weighted by Gasteiger charge is 2.48. The summed E-state index contributed by atoms with van der Waals surface area (Å²) >= 11 is 0. The second-order valence-corrected chi connectivity index (χ2v) is 9.68. The van der Waals surface area contributed by atoms with E-state index in [1.54, 1.807) is 0 Å². The van der Waals surface area contributed by atoms with Crippen LogP contribution in [0.4, 0.5) is 5.69 Å². The molecule has 150 valence electrons. The number of benzene rings is 1. The highest BCUT2D eigenvalue weighted by molar-refractivity contribution is 6.03. The maximum atomic E-state index is 13.4. The van der Waals surface area contributed by atoms with E-state index in [0.29, 0.717) is 0 Å². The maximum absolute atomic E-state index is 13.4. The lowest BCUT2D eigenvalue weighted by Crippen LogP contribution is -2.54. The maximum Gasteiger partial charge on any atom is 0.180 e. The average molecular weight is 373 g/mol. The third kappa shape index (κ3) is 3.79. The van der Waals surface area contributed by atoms with Gasteiger partial charge in [-0.25, -0.2) is 0 Å². The average Bonchev–Trinajstić information content (AvgIpc) is 3.43. The van der Waals surface area contributed by atoms with Crippen LogP contribution in [0.25, 0.3) is 0 Å². The predicted octanol–water partition coefficient (Wildman–Crippen LogP) is 4.08. The number of rotatable bonds is 7. The monoisotopic (exact) mass is 372 g/mol. The molecule has 1 fully saturated rings. The van der Waals surface area contributed by atoms with E-state index in [1.807, 2.05) is 26.0 Å². The van der Waals surface area contributed by atoms with Crippen molar-refractivity contribution >= 4 is 11.5 Å². The van der Waals surface area contributed by atoms with Crippen molar-refractivity contribution in [3.05, 3.63) is 29.3 Å². The third-order valence-corrected chi connectivity index (χ3v) is 6.98. The number of ketones is 1. The van der Waals surface area contributed by atoms with Crippen LogP contribution >= 0.6 is 0 Å². The van der Waals surface area contributed by atoms with Gasteiger partial charge in [-0.05, 0) is 81.2 Å². The number of carbonyl (C=O) groups excluding carboxylic acids is 1. The Morgan fingerprint density at radius 2 is 2.00 bits per heavy atom. The quantitative estimate of drug-likeness (QED) is 0.757. The van der Waals surface area contributed by atoms with Crippen LogP contribution in [0.1, 0.15) is 69.8 Å². The highest BCUT2D eigenvalue weighted by atomic mass is 16.3. The molecule has 4 heteroatoms. The first-order valence-electron chi connectivity index (χ1n) is 10.4. The van der Waals surface area contributed by atoms with Crippen LogP contribution in [0.15, 0.2) is 18.2 Å². The molecule has 2 aliphatic carbocycles. The van der Waals surface area contributed by atoms with Gasteiger partial charge in [0.25, 0.3) is 0 Å². The van der Waals surface area contributed by atoms with Gasteiger partial charge in [0.2, 0.25) is 0 Å². The van der Waals surface area contributed by atoms with Crippen molar-refractivity contribution in [2.45, 2.75) is 70.9 Å². The Morgan fingerprint density at radius 3 is 2.56 bits per heavy atom. The molecule has 0 amide bonds. The van der Waals surface area contributed by atoms with Crippen molar-refractivity contribution in [1.82, 2.24) is 4.90 Å².